The minimum absolute atomic E-state index is 0.0417. The summed E-state index contributed by atoms with van der Waals surface area (Å²) in [5, 5.41) is 62.7. The third-order valence-electron chi connectivity index (χ3n) is 5.13. The molecule has 6 N–H and O–H groups in total. The minimum atomic E-state index is -1.61. The first-order valence-electron chi connectivity index (χ1n) is 9.59. The number of aliphatic carboxylic acids is 1. The molecule has 172 valence electrons. The van der Waals surface area contributed by atoms with Gasteiger partial charge in [-0.2, -0.15) is 0 Å². The van der Waals surface area contributed by atoms with Gasteiger partial charge in [0.1, 0.15) is 36.1 Å². The third-order valence-corrected chi connectivity index (χ3v) is 5.13. The van der Waals surface area contributed by atoms with Crippen molar-refractivity contribution >= 4 is 11.9 Å². The van der Waals surface area contributed by atoms with E-state index in [1.165, 1.54) is 6.92 Å². The fourth-order valence-corrected chi connectivity index (χ4v) is 3.56. The maximum Gasteiger partial charge on any atom is 0.217 e. The van der Waals surface area contributed by atoms with Crippen molar-refractivity contribution in [2.45, 2.75) is 62.6 Å². The van der Waals surface area contributed by atoms with E-state index in [2.05, 4.69) is 5.32 Å². The summed E-state index contributed by atoms with van der Waals surface area (Å²) in [6.07, 6.45) is -6.12. The van der Waals surface area contributed by atoms with Crippen LogP contribution in [0, 0.1) is 5.92 Å². The fourth-order valence-electron chi connectivity index (χ4n) is 3.56. The number of nitrogens with one attached hydrogen (secondary N) is 1. The molecule has 4 unspecified atom stereocenters. The predicted octanol–water partition coefficient (Wildman–Crippen LogP) is -4.27. The van der Waals surface area contributed by atoms with Crippen LogP contribution in [0.3, 0.4) is 0 Å². The Labute approximate surface area is 172 Å². The van der Waals surface area contributed by atoms with E-state index in [0.717, 1.165) is 6.08 Å². The predicted molar refractivity (Wildman–Crippen MR) is 95.1 cm³/mol. The van der Waals surface area contributed by atoms with Crippen molar-refractivity contribution in [3.63, 3.8) is 0 Å². The monoisotopic (exact) mass is 434 g/mol. The number of aliphatic hydroxyl groups excluding tert-OH is 5. The van der Waals surface area contributed by atoms with Gasteiger partial charge in [-0.1, -0.05) is 0 Å². The summed E-state index contributed by atoms with van der Waals surface area (Å²) in [6.45, 7) is 0.915. The molecule has 0 aromatic heterocycles. The Morgan fingerprint density at radius 2 is 1.80 bits per heavy atom. The van der Waals surface area contributed by atoms with Crippen molar-refractivity contribution in [2.75, 3.05) is 19.8 Å². The number of hydrogen-bond donors (Lipinski definition) is 6. The Morgan fingerprint density at radius 1 is 1.13 bits per heavy atom. The standard InChI is InChI=1S/C18H29NO11/c1-8(21)19-14-15(23)9(13(7-20)30-18(14)27)2-4-28-5-3-11-16(24)10(22)6-12(29-11)17(25)26/h6,9-11,13-16,18,20,22-24,27H,2-5,7H2,1H3,(H,19,21)(H,25,26)/p-1/t9-,10-,11-,13?,14?,15-,16?,18?/m0/s1. The molecule has 0 spiro atoms. The van der Waals surface area contributed by atoms with E-state index in [1.807, 2.05) is 0 Å². The molecular weight excluding hydrogens is 406 g/mol. The van der Waals surface area contributed by atoms with Crippen molar-refractivity contribution in [3.8, 4) is 0 Å². The summed E-state index contributed by atoms with van der Waals surface area (Å²) in [6, 6.07) is -1.06. The number of carbonyl (C=O) groups excluding carboxylic acids is 2. The summed E-state index contributed by atoms with van der Waals surface area (Å²) in [5.41, 5.74) is 0. The molecule has 2 rings (SSSR count). The molecule has 1 fully saturated rings. The number of carbonyl (C=O) groups is 2. The molecule has 0 aliphatic carbocycles. The molecule has 12 heteroatoms. The topological polar surface area (TPSA) is 198 Å². The Hall–Kier alpha value is -1.80. The van der Waals surface area contributed by atoms with Crippen LogP contribution in [0.4, 0.5) is 0 Å². The van der Waals surface area contributed by atoms with Gasteiger partial charge >= 0.3 is 0 Å². The highest BCUT2D eigenvalue weighted by molar-refractivity contribution is 5.82. The van der Waals surface area contributed by atoms with Crippen LogP contribution in [0.1, 0.15) is 19.8 Å². The quantitative estimate of drug-likeness (QED) is 0.192. The number of ether oxygens (including phenoxy) is 3. The van der Waals surface area contributed by atoms with E-state index in [9.17, 15) is 40.2 Å². The first-order chi connectivity index (χ1) is 14.1. The molecule has 2 heterocycles. The summed E-state index contributed by atoms with van der Waals surface area (Å²) in [5.74, 6) is -3.27. The Kier molecular flexibility index (Phi) is 8.97. The van der Waals surface area contributed by atoms with Crippen molar-refractivity contribution in [1.29, 1.82) is 0 Å². The molecule has 0 bridgehead atoms. The second-order valence-corrected chi connectivity index (χ2v) is 7.27. The number of carboxylic acid groups (broad SMARTS) is 1. The number of carboxylic acids is 1. The van der Waals surface area contributed by atoms with E-state index in [-0.39, 0.29) is 26.1 Å². The van der Waals surface area contributed by atoms with Crippen LogP contribution in [-0.4, -0.2) is 100 Å². The first-order valence-corrected chi connectivity index (χ1v) is 9.59. The van der Waals surface area contributed by atoms with Gasteiger partial charge in [0.15, 0.2) is 6.29 Å². The summed E-state index contributed by atoms with van der Waals surface area (Å²) >= 11 is 0. The highest BCUT2D eigenvalue weighted by Gasteiger charge is 2.44. The van der Waals surface area contributed by atoms with Gasteiger partial charge in [-0.15, -0.1) is 0 Å². The molecule has 12 nitrogen and oxygen atoms in total. The zero-order valence-electron chi connectivity index (χ0n) is 16.4. The van der Waals surface area contributed by atoms with Gasteiger partial charge in [-0.25, -0.2) is 0 Å². The molecule has 0 aromatic carbocycles. The lowest BCUT2D eigenvalue weighted by molar-refractivity contribution is -0.305. The minimum Gasteiger partial charge on any atom is -0.542 e. The van der Waals surface area contributed by atoms with E-state index in [0.29, 0.717) is 0 Å². The number of amides is 1. The van der Waals surface area contributed by atoms with Gasteiger partial charge in [-0.05, 0) is 12.5 Å². The van der Waals surface area contributed by atoms with Crippen molar-refractivity contribution in [3.05, 3.63) is 11.8 Å². The van der Waals surface area contributed by atoms with E-state index >= 15 is 0 Å². The van der Waals surface area contributed by atoms with Gasteiger partial charge < -0.3 is 55.0 Å². The zero-order chi connectivity index (χ0) is 22.4. The SMILES string of the molecule is CC(=O)NC1C(O)OC(CO)[C@H](CCOCC[C@@H]2OC(C(=O)[O-])=C[C@H](O)C2O)[C@@H]1O. The lowest BCUT2D eigenvalue weighted by Crippen LogP contribution is -2.61. The van der Waals surface area contributed by atoms with E-state index < -0.39 is 73.0 Å². The van der Waals surface area contributed by atoms with Crippen molar-refractivity contribution < 1.29 is 54.4 Å². The second-order valence-electron chi connectivity index (χ2n) is 7.27. The lowest BCUT2D eigenvalue weighted by atomic mass is 9.85. The molecule has 2 aliphatic rings. The molecular formula is C18H28NO11-. The van der Waals surface area contributed by atoms with E-state index in [1.54, 1.807) is 0 Å². The fraction of sp³-hybridized carbons (Fsp3) is 0.778. The van der Waals surface area contributed by atoms with E-state index in [4.69, 9.17) is 14.2 Å². The molecule has 8 atom stereocenters. The summed E-state index contributed by atoms with van der Waals surface area (Å²) < 4.78 is 15.8. The zero-order valence-corrected chi connectivity index (χ0v) is 16.4. The normalized spacial score (nSPS) is 36.5. The average molecular weight is 434 g/mol. The Bertz CT molecular complexity index is 627. The van der Waals surface area contributed by atoms with Gasteiger partial charge in [-0.3, -0.25) is 4.79 Å². The number of aliphatic hydroxyl groups is 5. The highest BCUT2D eigenvalue weighted by atomic mass is 16.6. The van der Waals surface area contributed by atoms with Crippen LogP contribution in [-0.2, 0) is 23.8 Å². The highest BCUT2D eigenvalue weighted by Crippen LogP contribution is 2.28. The third kappa shape index (κ3) is 6.11. The molecule has 30 heavy (non-hydrogen) atoms. The molecule has 0 aromatic rings. The second kappa shape index (κ2) is 11.0. The van der Waals surface area contributed by atoms with Crippen LogP contribution in [0.25, 0.3) is 0 Å². The van der Waals surface area contributed by atoms with Gasteiger partial charge in [0.2, 0.25) is 5.91 Å². The van der Waals surface area contributed by atoms with Gasteiger partial charge in [0.05, 0.1) is 25.4 Å². The Morgan fingerprint density at radius 3 is 2.40 bits per heavy atom. The Balaban J connectivity index is 1.82. The summed E-state index contributed by atoms with van der Waals surface area (Å²) in [7, 11) is 0. The van der Waals surface area contributed by atoms with Gasteiger partial charge in [0.25, 0.3) is 0 Å². The molecule has 2 aliphatic heterocycles. The van der Waals surface area contributed by atoms with Crippen LogP contribution in [0.5, 0.6) is 0 Å². The number of rotatable bonds is 9. The molecule has 1 saturated heterocycles. The van der Waals surface area contributed by atoms with Crippen LogP contribution in [0.2, 0.25) is 0 Å². The van der Waals surface area contributed by atoms with Crippen molar-refractivity contribution in [1.82, 2.24) is 5.32 Å². The smallest absolute Gasteiger partial charge is 0.217 e. The maximum atomic E-state index is 11.3. The van der Waals surface area contributed by atoms with Gasteiger partial charge in [0, 0.05) is 25.9 Å². The lowest BCUT2D eigenvalue weighted by Gasteiger charge is -2.42. The molecule has 0 radical (unpaired) electrons. The summed E-state index contributed by atoms with van der Waals surface area (Å²) in [4.78, 5) is 22.1. The van der Waals surface area contributed by atoms with Crippen molar-refractivity contribution in [2.24, 2.45) is 5.92 Å². The average Bonchev–Trinajstić information content (AvgIpc) is 2.68. The molecule has 0 saturated carbocycles. The van der Waals surface area contributed by atoms with Crippen LogP contribution >= 0.6 is 0 Å². The molecule has 1 amide bonds. The maximum absolute atomic E-state index is 11.3. The number of hydrogen-bond acceptors (Lipinski definition) is 11. The van der Waals surface area contributed by atoms with Crippen LogP contribution < -0.4 is 10.4 Å². The van der Waals surface area contributed by atoms with Crippen LogP contribution in [0.15, 0.2) is 11.8 Å². The first kappa shape index (κ1) is 24.5. The largest absolute Gasteiger partial charge is 0.542 e.